The van der Waals surface area contributed by atoms with Crippen molar-refractivity contribution in [1.82, 2.24) is 19.8 Å². The van der Waals surface area contributed by atoms with Crippen LogP contribution < -0.4 is 0 Å². The molecule has 0 saturated carbocycles. The van der Waals surface area contributed by atoms with Gasteiger partial charge in [-0.2, -0.15) is 5.10 Å². The van der Waals surface area contributed by atoms with Gasteiger partial charge in [0.2, 0.25) is 0 Å². The van der Waals surface area contributed by atoms with Crippen molar-refractivity contribution < 1.29 is 18.8 Å². The number of aromatic nitrogens is 3. The fourth-order valence-electron chi connectivity index (χ4n) is 3.00. The Morgan fingerprint density at radius 1 is 1.21 bits per heavy atom. The van der Waals surface area contributed by atoms with Gasteiger partial charge in [0.05, 0.1) is 19.3 Å². The second-order valence-electron chi connectivity index (χ2n) is 6.60. The molecule has 0 unspecified atom stereocenters. The summed E-state index contributed by atoms with van der Waals surface area (Å²) in [5.41, 5.74) is 3.89. The summed E-state index contributed by atoms with van der Waals surface area (Å²) in [5, 5.41) is 8.07. The molecule has 0 aliphatic heterocycles. The minimum absolute atomic E-state index is 0.120. The Morgan fingerprint density at radius 2 is 1.89 bits per heavy atom. The average molecular weight is 382 g/mol. The van der Waals surface area contributed by atoms with Crippen LogP contribution in [0.5, 0.6) is 0 Å². The van der Waals surface area contributed by atoms with Crippen LogP contribution in [0.2, 0.25) is 0 Å². The van der Waals surface area contributed by atoms with E-state index in [1.54, 1.807) is 54.1 Å². The van der Waals surface area contributed by atoms with Crippen molar-refractivity contribution in [3.05, 3.63) is 58.7 Å². The number of hydrogen-bond donors (Lipinski definition) is 0. The lowest BCUT2D eigenvalue weighted by Crippen LogP contribution is -2.26. The van der Waals surface area contributed by atoms with Gasteiger partial charge in [0.25, 0.3) is 5.91 Å². The van der Waals surface area contributed by atoms with E-state index in [9.17, 15) is 9.59 Å². The molecule has 3 aromatic rings. The smallest absolute Gasteiger partial charge is 0.359 e. The van der Waals surface area contributed by atoms with E-state index in [0.717, 1.165) is 16.8 Å². The molecule has 0 radical (unpaired) electrons. The number of hydrogen-bond acceptors (Lipinski definition) is 6. The molecule has 8 heteroatoms. The molecule has 0 saturated heterocycles. The number of ether oxygens (including phenoxy) is 1. The van der Waals surface area contributed by atoms with Gasteiger partial charge in [-0.1, -0.05) is 17.3 Å². The number of methoxy groups -OCH3 is 1. The second-order valence-corrected chi connectivity index (χ2v) is 6.60. The summed E-state index contributed by atoms with van der Waals surface area (Å²) >= 11 is 0. The van der Waals surface area contributed by atoms with Gasteiger partial charge in [-0.3, -0.25) is 9.48 Å². The van der Waals surface area contributed by atoms with Crippen molar-refractivity contribution in [2.75, 3.05) is 14.2 Å². The largest absolute Gasteiger partial charge is 0.464 e. The number of amides is 1. The van der Waals surface area contributed by atoms with Gasteiger partial charge in [0.1, 0.15) is 5.76 Å². The lowest BCUT2D eigenvalue weighted by atomic mass is 10.0. The first-order valence-electron chi connectivity index (χ1n) is 8.71. The van der Waals surface area contributed by atoms with Gasteiger partial charge in [-0.05, 0) is 31.5 Å². The average Bonchev–Trinajstić information content (AvgIpc) is 3.24. The second kappa shape index (κ2) is 7.67. The van der Waals surface area contributed by atoms with Crippen LogP contribution in [-0.4, -0.2) is 45.9 Å². The van der Waals surface area contributed by atoms with E-state index in [1.165, 1.54) is 7.11 Å². The van der Waals surface area contributed by atoms with Crippen molar-refractivity contribution in [3.8, 4) is 11.1 Å². The Bertz CT molecular complexity index is 998. The summed E-state index contributed by atoms with van der Waals surface area (Å²) in [6.07, 6.45) is 1.74. The Kier molecular flexibility index (Phi) is 5.30. The first-order chi connectivity index (χ1) is 13.3. The highest BCUT2D eigenvalue weighted by Crippen LogP contribution is 2.24. The standard InChI is InChI=1S/C20H22N4O4/c1-12-16(13(2)28-22-12)10-23(3)19(25)15-8-6-14(7-9-15)17-11-24(4)21-18(17)20(26)27-5/h6-9,11H,10H2,1-5H3. The normalized spacial score (nSPS) is 10.8. The third-order valence-electron chi connectivity index (χ3n) is 4.57. The lowest BCUT2D eigenvalue weighted by Gasteiger charge is -2.17. The van der Waals surface area contributed by atoms with Crippen molar-refractivity contribution in [2.45, 2.75) is 20.4 Å². The highest BCUT2D eigenvalue weighted by molar-refractivity contribution is 5.97. The quantitative estimate of drug-likeness (QED) is 0.630. The molecular formula is C20H22N4O4. The minimum atomic E-state index is -0.505. The van der Waals surface area contributed by atoms with Gasteiger partial charge in [0.15, 0.2) is 5.69 Å². The molecule has 8 nitrogen and oxygen atoms in total. The zero-order valence-electron chi connectivity index (χ0n) is 16.5. The molecular weight excluding hydrogens is 360 g/mol. The number of nitrogens with zero attached hydrogens (tertiary/aromatic N) is 4. The molecule has 28 heavy (non-hydrogen) atoms. The maximum absolute atomic E-state index is 12.8. The van der Waals surface area contributed by atoms with Crippen molar-refractivity contribution in [1.29, 1.82) is 0 Å². The van der Waals surface area contributed by atoms with Gasteiger partial charge in [-0.15, -0.1) is 0 Å². The van der Waals surface area contributed by atoms with Crippen LogP contribution in [0, 0.1) is 13.8 Å². The van der Waals surface area contributed by atoms with E-state index in [1.807, 2.05) is 13.8 Å². The van der Waals surface area contributed by atoms with E-state index in [2.05, 4.69) is 10.3 Å². The van der Waals surface area contributed by atoms with E-state index in [0.29, 0.717) is 23.4 Å². The molecule has 0 N–H and O–H groups in total. The summed E-state index contributed by atoms with van der Waals surface area (Å²) in [6.45, 7) is 4.10. The zero-order valence-corrected chi connectivity index (χ0v) is 16.5. The number of esters is 1. The Labute approximate surface area is 162 Å². The van der Waals surface area contributed by atoms with Gasteiger partial charge in [-0.25, -0.2) is 4.79 Å². The van der Waals surface area contributed by atoms with E-state index in [-0.39, 0.29) is 11.6 Å². The molecule has 1 amide bonds. The summed E-state index contributed by atoms with van der Waals surface area (Å²) in [6, 6.07) is 7.05. The number of carbonyl (C=O) groups is 2. The number of carbonyl (C=O) groups excluding carboxylic acids is 2. The summed E-state index contributed by atoms with van der Waals surface area (Å²) in [5.74, 6) is 0.0836. The van der Waals surface area contributed by atoms with Crippen molar-refractivity contribution in [3.63, 3.8) is 0 Å². The van der Waals surface area contributed by atoms with E-state index in [4.69, 9.17) is 9.26 Å². The molecule has 0 atom stereocenters. The molecule has 2 heterocycles. The first-order valence-corrected chi connectivity index (χ1v) is 8.71. The molecule has 2 aromatic heterocycles. The number of aryl methyl sites for hydroxylation is 3. The highest BCUT2D eigenvalue weighted by Gasteiger charge is 2.20. The first kappa shape index (κ1) is 19.3. The van der Waals surface area contributed by atoms with Gasteiger partial charge < -0.3 is 14.2 Å². The summed E-state index contributed by atoms with van der Waals surface area (Å²) in [7, 11) is 4.79. The number of benzene rings is 1. The maximum atomic E-state index is 12.8. The molecule has 3 rings (SSSR count). The Morgan fingerprint density at radius 3 is 2.46 bits per heavy atom. The fourth-order valence-corrected chi connectivity index (χ4v) is 3.00. The predicted octanol–water partition coefficient (Wildman–Crippen LogP) is 2.75. The minimum Gasteiger partial charge on any atom is -0.464 e. The Balaban J connectivity index is 1.81. The summed E-state index contributed by atoms with van der Waals surface area (Å²) < 4.78 is 11.5. The van der Waals surface area contributed by atoms with Gasteiger partial charge in [0, 0.05) is 37.0 Å². The van der Waals surface area contributed by atoms with E-state index < -0.39 is 5.97 Å². The molecule has 0 aliphatic rings. The van der Waals surface area contributed by atoms with Crippen molar-refractivity contribution >= 4 is 11.9 Å². The molecule has 0 bridgehead atoms. The Hall–Kier alpha value is -3.42. The molecule has 0 spiro atoms. The monoisotopic (exact) mass is 382 g/mol. The van der Waals surface area contributed by atoms with Crippen LogP contribution in [0.15, 0.2) is 35.0 Å². The SMILES string of the molecule is COC(=O)c1nn(C)cc1-c1ccc(C(=O)N(C)Cc2c(C)noc2C)cc1. The van der Waals surface area contributed by atoms with E-state index >= 15 is 0 Å². The third kappa shape index (κ3) is 3.66. The summed E-state index contributed by atoms with van der Waals surface area (Å²) in [4.78, 5) is 26.3. The molecule has 1 aromatic carbocycles. The number of rotatable bonds is 5. The molecule has 146 valence electrons. The highest BCUT2D eigenvalue weighted by atomic mass is 16.5. The van der Waals surface area contributed by atoms with Gasteiger partial charge >= 0.3 is 5.97 Å². The van der Waals surface area contributed by atoms with Crippen LogP contribution in [0.1, 0.15) is 37.9 Å². The lowest BCUT2D eigenvalue weighted by molar-refractivity contribution is 0.0593. The van der Waals surface area contributed by atoms with Crippen LogP contribution in [0.25, 0.3) is 11.1 Å². The van der Waals surface area contributed by atoms with Crippen LogP contribution >= 0.6 is 0 Å². The maximum Gasteiger partial charge on any atom is 0.359 e. The van der Waals surface area contributed by atoms with Crippen LogP contribution in [-0.2, 0) is 18.3 Å². The van der Waals surface area contributed by atoms with Crippen LogP contribution in [0.4, 0.5) is 0 Å². The van der Waals surface area contributed by atoms with Crippen LogP contribution in [0.3, 0.4) is 0 Å². The predicted molar refractivity (Wildman–Crippen MR) is 102 cm³/mol. The topological polar surface area (TPSA) is 90.5 Å². The molecule has 0 fully saturated rings. The fraction of sp³-hybridized carbons (Fsp3) is 0.300. The third-order valence-corrected chi connectivity index (χ3v) is 4.57. The van der Waals surface area contributed by atoms with Crippen molar-refractivity contribution in [2.24, 2.45) is 7.05 Å². The zero-order chi connectivity index (χ0) is 20.4. The molecule has 0 aliphatic carbocycles.